The van der Waals surface area contributed by atoms with Crippen molar-refractivity contribution >= 4 is 40.4 Å². The molecule has 4 saturated heterocycles. The van der Waals surface area contributed by atoms with E-state index in [1.807, 2.05) is 41.9 Å². The normalized spacial score (nSPS) is 22.5. The van der Waals surface area contributed by atoms with Crippen LogP contribution in [-0.4, -0.2) is 98.8 Å². The Hall–Kier alpha value is -5.74. The van der Waals surface area contributed by atoms with E-state index < -0.39 is 29.4 Å². The number of carbonyl (C=O) groups excluding carboxylic acids is 3. The van der Waals surface area contributed by atoms with Crippen molar-refractivity contribution in [3.63, 3.8) is 0 Å². The minimum Gasteiger partial charge on any atom is -0.368 e. The third-order valence-corrected chi connectivity index (χ3v) is 14.6. The Labute approximate surface area is 371 Å². The summed E-state index contributed by atoms with van der Waals surface area (Å²) in [6.45, 7) is 11.8. The van der Waals surface area contributed by atoms with Gasteiger partial charge in [-0.2, -0.15) is 0 Å². The summed E-state index contributed by atoms with van der Waals surface area (Å²) in [6, 6.07) is 15.1. The van der Waals surface area contributed by atoms with Gasteiger partial charge in [0.25, 0.3) is 5.91 Å². The number of imidazole rings is 1. The molecule has 14 nitrogen and oxygen atoms in total. The van der Waals surface area contributed by atoms with E-state index in [4.69, 9.17) is 14.8 Å². The highest BCUT2D eigenvalue weighted by molar-refractivity contribution is 6.05. The molecule has 5 aliphatic rings. The maximum Gasteiger partial charge on any atom is 0.258 e. The molecule has 8 heterocycles. The Balaban J connectivity index is 0.759. The first-order valence-electron chi connectivity index (χ1n) is 22.9. The number of amides is 3. The fourth-order valence-electron chi connectivity index (χ4n) is 10.7. The molecule has 3 aromatic heterocycles. The lowest BCUT2D eigenvalue weighted by molar-refractivity contribution is -0.777. The van der Waals surface area contributed by atoms with E-state index in [0.717, 1.165) is 93.7 Å². The predicted molar refractivity (Wildman–Crippen MR) is 236 cm³/mol. The third-order valence-electron chi connectivity index (χ3n) is 14.6. The summed E-state index contributed by atoms with van der Waals surface area (Å²) >= 11 is 0. The van der Waals surface area contributed by atoms with Crippen molar-refractivity contribution in [1.82, 2.24) is 34.5 Å². The molecule has 2 aromatic carbocycles. The highest BCUT2D eigenvalue weighted by Gasteiger charge is 2.42. The molecule has 2 bridgehead atoms. The van der Waals surface area contributed by atoms with Crippen LogP contribution < -0.4 is 25.1 Å². The molecule has 5 aromatic rings. The Bertz CT molecular complexity index is 2600. The number of benzene rings is 2. The van der Waals surface area contributed by atoms with E-state index in [1.54, 1.807) is 10.9 Å². The average molecular weight is 876 g/mol. The molecule has 0 unspecified atom stereocenters. The summed E-state index contributed by atoms with van der Waals surface area (Å²) in [6.07, 6.45) is 8.53. The molecule has 64 heavy (non-hydrogen) atoms. The molecule has 4 fully saturated rings. The van der Waals surface area contributed by atoms with Gasteiger partial charge < -0.3 is 14.3 Å². The fraction of sp³-hybridized carbons (Fsp3) is 0.500. The number of rotatable bonds is 5. The minimum atomic E-state index is -0.996. The molecule has 0 radical (unpaired) electrons. The number of nitrogens with one attached hydrogen (secondary N) is 2. The lowest BCUT2D eigenvalue weighted by Gasteiger charge is -2.52. The first-order chi connectivity index (χ1) is 30.9. The van der Waals surface area contributed by atoms with Gasteiger partial charge in [0.1, 0.15) is 18.2 Å². The Kier molecular flexibility index (Phi) is 11.2. The van der Waals surface area contributed by atoms with Crippen LogP contribution >= 0.6 is 0 Å². The fourth-order valence-corrected chi connectivity index (χ4v) is 10.7. The quantitative estimate of drug-likeness (QED) is 0.173. The molecular formula is C48H57F2N10O4+. The maximum atomic E-state index is 15.2. The van der Waals surface area contributed by atoms with Gasteiger partial charge in [-0.1, -0.05) is 17.7 Å². The molecular weight excluding hydrogens is 819 g/mol. The molecule has 0 aliphatic carbocycles. The maximum absolute atomic E-state index is 15.2. The zero-order valence-electron chi connectivity index (χ0n) is 36.9. The van der Waals surface area contributed by atoms with Gasteiger partial charge in [-0.15, -0.1) is 0 Å². The number of aromatic nitrogens is 5. The predicted octanol–water partition coefficient (Wildman–Crippen LogP) is 5.51. The molecule has 5 aliphatic heterocycles. The average Bonchev–Trinajstić information content (AvgIpc) is 3.78. The molecule has 2 atom stereocenters. The number of imide groups is 1. The number of nitrogens with zero attached hydrogens (tertiary/aromatic N) is 8. The number of anilines is 2. The van der Waals surface area contributed by atoms with Crippen molar-refractivity contribution in [2.45, 2.75) is 90.3 Å². The van der Waals surface area contributed by atoms with E-state index in [2.05, 4.69) is 50.1 Å². The number of aryl methyl sites for hydroxylation is 2. The van der Waals surface area contributed by atoms with Crippen LogP contribution in [0.15, 0.2) is 54.7 Å². The van der Waals surface area contributed by atoms with Gasteiger partial charge in [0.15, 0.2) is 18.9 Å². The first kappa shape index (κ1) is 42.2. The standard InChI is InChI=1S/C48H56F2N10O4/c1-30-5-4-20-64-60-41(10-15-55(60)3)40-23-33(21-31(2)51-40)45(62)54-47-52-39-8-6-32(22-42(39)59(47)26-30)27-56-16-11-48(12-17-56)13-18-57(19-14-48)35-28-58(29-35)34-24-37(49)44(38(50)25-34)36-7-9-43(61)53-46(36)63/h6,8,10,15,21-25,30,35-36H,4-5,7,9,11-14,16-20,26-29H2,1-3H3,(H-,52,53,54,61,62,63)/p+1/t30-,36-/m1/s1. The number of hydrogen-bond acceptors (Lipinski definition) is 9. The largest absolute Gasteiger partial charge is 0.368 e. The molecule has 0 saturated carbocycles. The van der Waals surface area contributed by atoms with Crippen LogP contribution in [0, 0.1) is 29.9 Å². The molecule has 3 amide bonds. The lowest BCUT2D eigenvalue weighted by Crippen LogP contribution is -2.62. The number of hydrogen-bond donors (Lipinski definition) is 2. The van der Waals surface area contributed by atoms with E-state index in [1.165, 1.54) is 17.7 Å². The van der Waals surface area contributed by atoms with Crippen molar-refractivity contribution in [3.05, 3.63) is 88.7 Å². The van der Waals surface area contributed by atoms with Gasteiger partial charge in [0.2, 0.25) is 17.8 Å². The van der Waals surface area contributed by atoms with Gasteiger partial charge >= 0.3 is 0 Å². The number of pyridine rings is 1. The lowest BCUT2D eigenvalue weighted by atomic mass is 9.71. The molecule has 2 N–H and O–H groups in total. The molecule has 16 heteroatoms. The Morgan fingerprint density at radius 2 is 1.64 bits per heavy atom. The van der Waals surface area contributed by atoms with E-state index >= 15 is 8.78 Å². The van der Waals surface area contributed by atoms with Gasteiger partial charge in [0, 0.05) is 72.1 Å². The van der Waals surface area contributed by atoms with Crippen LogP contribution in [0.2, 0.25) is 0 Å². The highest BCUT2D eigenvalue weighted by Crippen LogP contribution is 2.43. The smallest absolute Gasteiger partial charge is 0.258 e. The van der Waals surface area contributed by atoms with Crippen molar-refractivity contribution in [3.8, 4) is 11.4 Å². The third kappa shape index (κ3) is 8.26. The summed E-state index contributed by atoms with van der Waals surface area (Å²) in [5.74, 6) is -2.90. The summed E-state index contributed by atoms with van der Waals surface area (Å²) in [5.41, 5.74) is 6.36. The van der Waals surface area contributed by atoms with Gasteiger partial charge in [-0.3, -0.25) is 39.8 Å². The van der Waals surface area contributed by atoms with Crippen molar-refractivity contribution in [2.75, 3.05) is 56.1 Å². The molecule has 10 rings (SSSR count). The van der Waals surface area contributed by atoms with Crippen LogP contribution in [0.5, 0.6) is 0 Å². The van der Waals surface area contributed by atoms with Crippen molar-refractivity contribution in [2.24, 2.45) is 18.4 Å². The number of carbonyl (C=O) groups is 3. The van der Waals surface area contributed by atoms with Crippen LogP contribution in [0.25, 0.3) is 22.4 Å². The summed E-state index contributed by atoms with van der Waals surface area (Å²) in [5, 5.41) is 5.37. The van der Waals surface area contributed by atoms with Crippen molar-refractivity contribution < 1.29 is 32.7 Å². The summed E-state index contributed by atoms with van der Waals surface area (Å²) in [7, 11) is 1.93. The highest BCUT2D eigenvalue weighted by atomic mass is 19.1. The number of likely N-dealkylation sites (tertiary alicyclic amines) is 2. The SMILES string of the molecule is Cc1cc2cc(n1)-c1cc[n+](C)n1OCCC[C@@H](C)Cn1c(nc3ccc(CN4CCC5(CC4)CCN(C4CN(c6cc(F)c([C@H]7CCC(=O)NC7=O)c(F)c6)C4)CC5)cc31)NC2=O. The second-order valence-corrected chi connectivity index (χ2v) is 19.0. The van der Waals surface area contributed by atoms with Crippen LogP contribution in [0.1, 0.15) is 91.4 Å². The van der Waals surface area contributed by atoms with Gasteiger partial charge in [-0.25, -0.2) is 13.8 Å². The first-order valence-corrected chi connectivity index (χ1v) is 22.9. The number of halogens is 2. The molecule has 1 spiro atoms. The van der Waals surface area contributed by atoms with Crippen LogP contribution in [-0.2, 0) is 29.7 Å². The second kappa shape index (κ2) is 17.0. The number of piperidine rings is 3. The minimum absolute atomic E-state index is 0.0679. The van der Waals surface area contributed by atoms with Gasteiger partial charge in [0.05, 0.1) is 22.6 Å². The topological polar surface area (TPSA) is 134 Å². The number of fused-ring (bicyclic) bond motifs is 7. The van der Waals surface area contributed by atoms with Gasteiger partial charge in [-0.05, 0) is 131 Å². The monoisotopic (exact) mass is 875 g/mol. The van der Waals surface area contributed by atoms with E-state index in [-0.39, 0.29) is 24.3 Å². The molecule has 336 valence electrons. The van der Waals surface area contributed by atoms with Crippen LogP contribution in [0.4, 0.5) is 20.4 Å². The van der Waals surface area contributed by atoms with Crippen LogP contribution in [0.3, 0.4) is 0 Å². The van der Waals surface area contributed by atoms with Crippen molar-refractivity contribution in [1.29, 1.82) is 0 Å². The zero-order valence-corrected chi connectivity index (χ0v) is 36.9. The van der Waals surface area contributed by atoms with E-state index in [9.17, 15) is 14.4 Å². The van der Waals surface area contributed by atoms with E-state index in [0.29, 0.717) is 66.5 Å². The summed E-state index contributed by atoms with van der Waals surface area (Å²) in [4.78, 5) is 62.6. The second-order valence-electron chi connectivity index (χ2n) is 19.0. The Morgan fingerprint density at radius 3 is 2.39 bits per heavy atom. The zero-order chi connectivity index (χ0) is 44.3. The summed E-state index contributed by atoms with van der Waals surface area (Å²) < 4.78 is 34.5. The Morgan fingerprint density at radius 1 is 0.891 bits per heavy atom.